The molecule has 7 nitrogen and oxygen atoms in total. The van der Waals surface area contributed by atoms with E-state index in [0.29, 0.717) is 5.82 Å². The number of hydrogen-bond acceptors (Lipinski definition) is 4. The molecule has 0 saturated heterocycles. The molecular weight excluding hydrogens is 248 g/mol. The van der Waals surface area contributed by atoms with Gasteiger partial charge in [0, 0.05) is 18.5 Å². The van der Waals surface area contributed by atoms with Gasteiger partial charge in [-0.25, -0.2) is 4.98 Å². The van der Waals surface area contributed by atoms with Crippen LogP contribution in [0.25, 0.3) is 0 Å². The summed E-state index contributed by atoms with van der Waals surface area (Å²) >= 11 is 0. The average Bonchev–Trinajstić information content (AvgIpc) is 2.36. The molecule has 0 fully saturated rings. The van der Waals surface area contributed by atoms with E-state index in [4.69, 9.17) is 5.73 Å². The van der Waals surface area contributed by atoms with Gasteiger partial charge in [0.05, 0.1) is 6.54 Å². The van der Waals surface area contributed by atoms with Gasteiger partial charge in [-0.3, -0.25) is 14.4 Å². The number of carbonyl (C=O) groups is 3. The third-order valence-electron chi connectivity index (χ3n) is 2.31. The van der Waals surface area contributed by atoms with Gasteiger partial charge in [0.25, 0.3) is 0 Å². The molecule has 1 atom stereocenters. The molecule has 1 aromatic rings. The summed E-state index contributed by atoms with van der Waals surface area (Å²) in [6.45, 7) is 1.38. The first-order chi connectivity index (χ1) is 8.99. The zero-order valence-electron chi connectivity index (χ0n) is 10.6. The second-order valence-corrected chi connectivity index (χ2v) is 4.05. The van der Waals surface area contributed by atoms with Crippen LogP contribution in [0.3, 0.4) is 0 Å². The summed E-state index contributed by atoms with van der Waals surface area (Å²) in [5, 5.41) is 4.94. The molecule has 0 aliphatic carbocycles. The average molecular weight is 264 g/mol. The van der Waals surface area contributed by atoms with Gasteiger partial charge >= 0.3 is 0 Å². The van der Waals surface area contributed by atoms with Crippen molar-refractivity contribution in [1.82, 2.24) is 10.3 Å². The van der Waals surface area contributed by atoms with Gasteiger partial charge in [-0.15, -0.1) is 0 Å². The minimum absolute atomic E-state index is 0.0479. The lowest BCUT2D eigenvalue weighted by Gasteiger charge is -2.10. The Kier molecular flexibility index (Phi) is 5.46. The highest BCUT2D eigenvalue weighted by molar-refractivity contribution is 5.94. The number of hydrogen-bond donors (Lipinski definition) is 3. The van der Waals surface area contributed by atoms with Gasteiger partial charge in [-0.05, 0) is 12.1 Å². The SMILES string of the molecule is CC(CC(N)=O)C(=O)NCC(=O)Nc1ccccn1. The first-order valence-electron chi connectivity index (χ1n) is 5.76. The van der Waals surface area contributed by atoms with Gasteiger partial charge in [0.15, 0.2) is 0 Å². The van der Waals surface area contributed by atoms with E-state index < -0.39 is 23.6 Å². The molecule has 0 saturated carbocycles. The Bertz CT molecular complexity index is 461. The third kappa shape index (κ3) is 5.62. The Balaban J connectivity index is 2.34. The van der Waals surface area contributed by atoms with Crippen LogP contribution >= 0.6 is 0 Å². The molecule has 1 rings (SSSR count). The van der Waals surface area contributed by atoms with E-state index in [2.05, 4.69) is 15.6 Å². The topological polar surface area (TPSA) is 114 Å². The summed E-state index contributed by atoms with van der Waals surface area (Å²) in [4.78, 5) is 37.6. The molecule has 0 aromatic carbocycles. The van der Waals surface area contributed by atoms with Gasteiger partial charge in [0.1, 0.15) is 5.82 Å². The maximum Gasteiger partial charge on any atom is 0.244 e. The predicted molar refractivity (Wildman–Crippen MR) is 68.9 cm³/mol. The summed E-state index contributed by atoms with van der Waals surface area (Å²) in [7, 11) is 0. The van der Waals surface area contributed by atoms with Crippen LogP contribution in [0.2, 0.25) is 0 Å². The second kappa shape index (κ2) is 7.10. The lowest BCUT2D eigenvalue weighted by atomic mass is 10.1. The summed E-state index contributed by atoms with van der Waals surface area (Å²) in [5.74, 6) is -1.49. The lowest BCUT2D eigenvalue weighted by molar-refractivity contribution is -0.129. The zero-order valence-corrected chi connectivity index (χ0v) is 10.6. The first kappa shape index (κ1) is 14.6. The minimum atomic E-state index is -0.555. The predicted octanol–water partition coefficient (Wildman–Crippen LogP) is -0.352. The highest BCUT2D eigenvalue weighted by Crippen LogP contribution is 2.01. The van der Waals surface area contributed by atoms with E-state index in [9.17, 15) is 14.4 Å². The van der Waals surface area contributed by atoms with Crippen LogP contribution in [0.4, 0.5) is 5.82 Å². The fourth-order valence-corrected chi connectivity index (χ4v) is 1.36. The van der Waals surface area contributed by atoms with E-state index in [1.807, 2.05) is 0 Å². The Morgan fingerprint density at radius 3 is 2.68 bits per heavy atom. The summed E-state index contributed by atoms with van der Waals surface area (Å²) < 4.78 is 0. The maximum atomic E-state index is 11.5. The van der Waals surface area contributed by atoms with E-state index in [1.165, 1.54) is 0 Å². The molecule has 7 heteroatoms. The molecule has 4 N–H and O–H groups in total. The molecule has 1 heterocycles. The van der Waals surface area contributed by atoms with E-state index in [1.54, 1.807) is 31.3 Å². The molecule has 1 unspecified atom stereocenters. The highest BCUT2D eigenvalue weighted by atomic mass is 16.2. The number of carbonyl (C=O) groups excluding carboxylic acids is 3. The zero-order chi connectivity index (χ0) is 14.3. The number of aromatic nitrogens is 1. The molecule has 3 amide bonds. The van der Waals surface area contributed by atoms with E-state index in [-0.39, 0.29) is 13.0 Å². The van der Waals surface area contributed by atoms with Crippen LogP contribution in [0.5, 0.6) is 0 Å². The van der Waals surface area contributed by atoms with Crippen LogP contribution in [-0.2, 0) is 14.4 Å². The van der Waals surface area contributed by atoms with Crippen LogP contribution in [0.15, 0.2) is 24.4 Å². The fourth-order valence-electron chi connectivity index (χ4n) is 1.36. The van der Waals surface area contributed by atoms with Crippen LogP contribution < -0.4 is 16.4 Å². The molecule has 1 aromatic heterocycles. The first-order valence-corrected chi connectivity index (χ1v) is 5.76. The smallest absolute Gasteiger partial charge is 0.244 e. The van der Waals surface area contributed by atoms with E-state index >= 15 is 0 Å². The van der Waals surface area contributed by atoms with Crippen molar-refractivity contribution in [2.24, 2.45) is 11.7 Å². The molecule has 0 bridgehead atoms. The maximum absolute atomic E-state index is 11.5. The standard InChI is InChI=1S/C12H16N4O3/c1-8(6-9(13)17)12(19)15-7-11(18)16-10-4-2-3-5-14-10/h2-5,8H,6-7H2,1H3,(H2,13,17)(H,15,19)(H,14,16,18). The van der Waals surface area contributed by atoms with Crippen molar-refractivity contribution in [3.05, 3.63) is 24.4 Å². The second-order valence-electron chi connectivity index (χ2n) is 4.05. The molecule has 0 radical (unpaired) electrons. The third-order valence-corrected chi connectivity index (χ3v) is 2.31. The lowest BCUT2D eigenvalue weighted by Crippen LogP contribution is -2.37. The van der Waals surface area contributed by atoms with Crippen molar-refractivity contribution in [2.45, 2.75) is 13.3 Å². The molecule has 0 aliphatic rings. The molecule has 19 heavy (non-hydrogen) atoms. The number of amides is 3. The number of anilines is 1. The molecular formula is C12H16N4O3. The Morgan fingerprint density at radius 1 is 1.37 bits per heavy atom. The number of nitrogens with one attached hydrogen (secondary N) is 2. The van der Waals surface area contributed by atoms with Gasteiger partial charge in [-0.1, -0.05) is 13.0 Å². The van der Waals surface area contributed by atoms with Crippen molar-refractivity contribution in [2.75, 3.05) is 11.9 Å². The Labute approximate surface area is 110 Å². The van der Waals surface area contributed by atoms with Gasteiger partial charge in [-0.2, -0.15) is 0 Å². The number of nitrogens with zero attached hydrogens (tertiary/aromatic N) is 1. The Morgan fingerprint density at radius 2 is 2.11 bits per heavy atom. The molecule has 0 spiro atoms. The largest absolute Gasteiger partial charge is 0.370 e. The van der Waals surface area contributed by atoms with Crippen molar-refractivity contribution in [3.63, 3.8) is 0 Å². The molecule has 102 valence electrons. The summed E-state index contributed by atoms with van der Waals surface area (Å²) in [6.07, 6.45) is 1.50. The van der Waals surface area contributed by atoms with E-state index in [0.717, 1.165) is 0 Å². The van der Waals surface area contributed by atoms with Crippen molar-refractivity contribution < 1.29 is 14.4 Å². The van der Waals surface area contributed by atoms with Crippen molar-refractivity contribution in [3.8, 4) is 0 Å². The number of nitrogens with two attached hydrogens (primary N) is 1. The molecule has 0 aliphatic heterocycles. The van der Waals surface area contributed by atoms with Crippen LogP contribution in [0.1, 0.15) is 13.3 Å². The van der Waals surface area contributed by atoms with Crippen molar-refractivity contribution in [1.29, 1.82) is 0 Å². The quantitative estimate of drug-likeness (QED) is 0.651. The Hall–Kier alpha value is -2.44. The summed E-state index contributed by atoms with van der Waals surface area (Å²) in [6, 6.07) is 5.09. The number of rotatable bonds is 6. The normalized spacial score (nSPS) is 11.4. The number of pyridine rings is 1. The summed E-state index contributed by atoms with van der Waals surface area (Å²) in [5.41, 5.74) is 4.98. The van der Waals surface area contributed by atoms with Crippen molar-refractivity contribution >= 4 is 23.5 Å². The minimum Gasteiger partial charge on any atom is -0.370 e. The fraction of sp³-hybridized carbons (Fsp3) is 0.333. The van der Waals surface area contributed by atoms with Crippen LogP contribution in [-0.4, -0.2) is 29.3 Å². The monoisotopic (exact) mass is 264 g/mol. The highest BCUT2D eigenvalue weighted by Gasteiger charge is 2.16. The van der Waals surface area contributed by atoms with Gasteiger partial charge < -0.3 is 16.4 Å². The van der Waals surface area contributed by atoms with Crippen LogP contribution in [0, 0.1) is 5.92 Å². The van der Waals surface area contributed by atoms with Gasteiger partial charge in [0.2, 0.25) is 17.7 Å². The number of primary amides is 1.